The number of hydrogen-bond donors (Lipinski definition) is 1. The van der Waals surface area contributed by atoms with Gasteiger partial charge in [0.15, 0.2) is 0 Å². The highest BCUT2D eigenvalue weighted by atomic mass is 16.2. The normalized spacial score (nSPS) is 26.4. The molecule has 0 atom stereocenters. The molecule has 0 bridgehead atoms. The summed E-state index contributed by atoms with van der Waals surface area (Å²) in [7, 11) is 1.93. The van der Waals surface area contributed by atoms with Gasteiger partial charge in [0.25, 0.3) is 5.91 Å². The van der Waals surface area contributed by atoms with Crippen LogP contribution in [-0.2, 0) is 4.79 Å². The van der Waals surface area contributed by atoms with Gasteiger partial charge < -0.3 is 10.2 Å². The number of benzene rings is 2. The Kier molecular flexibility index (Phi) is 3.98. The topological polar surface area (TPSA) is 49.4 Å². The molecular formula is C21H24N2O2. The summed E-state index contributed by atoms with van der Waals surface area (Å²) in [6.07, 6.45) is 5.49. The van der Waals surface area contributed by atoms with Crippen molar-refractivity contribution in [3.63, 3.8) is 0 Å². The number of carbonyl (C=O) groups excluding carboxylic acids is 2. The Balaban J connectivity index is 1.41. The van der Waals surface area contributed by atoms with Gasteiger partial charge in [-0.25, -0.2) is 0 Å². The molecular weight excluding hydrogens is 312 g/mol. The molecule has 130 valence electrons. The summed E-state index contributed by atoms with van der Waals surface area (Å²) in [4.78, 5) is 26.4. The van der Waals surface area contributed by atoms with E-state index in [1.807, 2.05) is 48.3 Å². The lowest BCUT2D eigenvalue weighted by Gasteiger charge is -2.42. The molecule has 2 aromatic carbocycles. The van der Waals surface area contributed by atoms with E-state index < -0.39 is 0 Å². The summed E-state index contributed by atoms with van der Waals surface area (Å²) in [6, 6.07) is 14.1. The lowest BCUT2D eigenvalue weighted by atomic mass is 9.78. The van der Waals surface area contributed by atoms with Gasteiger partial charge in [0.05, 0.1) is 0 Å². The summed E-state index contributed by atoms with van der Waals surface area (Å²) in [5, 5.41) is 5.42. The largest absolute Gasteiger partial charge is 0.349 e. The Labute approximate surface area is 148 Å². The number of fused-ring (bicyclic) bond motifs is 1. The van der Waals surface area contributed by atoms with Crippen molar-refractivity contribution in [3.8, 4) is 0 Å². The average molecular weight is 336 g/mol. The molecule has 2 amide bonds. The molecule has 25 heavy (non-hydrogen) atoms. The minimum atomic E-state index is 0.00237. The van der Waals surface area contributed by atoms with Crippen LogP contribution in [0.2, 0.25) is 0 Å². The van der Waals surface area contributed by atoms with Crippen LogP contribution >= 0.6 is 0 Å². The zero-order chi connectivity index (χ0) is 17.4. The molecule has 4 rings (SSSR count). The van der Waals surface area contributed by atoms with E-state index in [1.54, 1.807) is 0 Å². The maximum absolute atomic E-state index is 12.6. The number of nitrogens with one attached hydrogen (secondary N) is 1. The van der Waals surface area contributed by atoms with Gasteiger partial charge >= 0.3 is 0 Å². The van der Waals surface area contributed by atoms with Crippen LogP contribution in [0.3, 0.4) is 0 Å². The highest BCUT2D eigenvalue weighted by Crippen LogP contribution is 2.41. The first-order valence-corrected chi connectivity index (χ1v) is 9.14. The minimum Gasteiger partial charge on any atom is -0.349 e. The van der Waals surface area contributed by atoms with Crippen molar-refractivity contribution in [3.05, 3.63) is 48.0 Å². The summed E-state index contributed by atoms with van der Waals surface area (Å²) in [5.41, 5.74) is 0.758. The van der Waals surface area contributed by atoms with E-state index in [9.17, 15) is 9.59 Å². The SMILES string of the molecule is CN1C(=O)CCC12CCC(NC(=O)c1ccc3ccccc3c1)CC2. The smallest absolute Gasteiger partial charge is 0.251 e. The zero-order valence-corrected chi connectivity index (χ0v) is 14.6. The summed E-state index contributed by atoms with van der Waals surface area (Å²) in [5.74, 6) is 0.265. The molecule has 1 N–H and O–H groups in total. The molecule has 1 heterocycles. The van der Waals surface area contributed by atoms with Crippen LogP contribution in [-0.4, -0.2) is 35.3 Å². The van der Waals surface area contributed by atoms with Crippen molar-refractivity contribution in [2.75, 3.05) is 7.05 Å². The van der Waals surface area contributed by atoms with Crippen molar-refractivity contribution in [2.45, 2.75) is 50.1 Å². The van der Waals surface area contributed by atoms with E-state index in [4.69, 9.17) is 0 Å². The van der Waals surface area contributed by atoms with Crippen molar-refractivity contribution in [1.29, 1.82) is 0 Å². The maximum atomic E-state index is 12.6. The molecule has 2 fully saturated rings. The Morgan fingerprint density at radius 3 is 2.48 bits per heavy atom. The van der Waals surface area contributed by atoms with Gasteiger partial charge in [-0.3, -0.25) is 9.59 Å². The second-order valence-corrected chi connectivity index (χ2v) is 7.49. The molecule has 4 nitrogen and oxygen atoms in total. The van der Waals surface area contributed by atoms with Crippen LogP contribution in [0.25, 0.3) is 10.8 Å². The number of carbonyl (C=O) groups is 2. The Bertz CT molecular complexity index is 822. The summed E-state index contributed by atoms with van der Waals surface area (Å²) >= 11 is 0. The lowest BCUT2D eigenvalue weighted by molar-refractivity contribution is -0.130. The fourth-order valence-electron chi connectivity index (χ4n) is 4.42. The second-order valence-electron chi connectivity index (χ2n) is 7.49. The van der Waals surface area contributed by atoms with Gasteiger partial charge in [-0.2, -0.15) is 0 Å². The molecule has 4 heteroatoms. The molecule has 1 aliphatic carbocycles. The lowest BCUT2D eigenvalue weighted by Crippen LogP contribution is -2.49. The molecule has 2 aliphatic rings. The minimum absolute atomic E-state index is 0.00237. The van der Waals surface area contributed by atoms with E-state index in [1.165, 1.54) is 0 Å². The van der Waals surface area contributed by atoms with E-state index >= 15 is 0 Å². The highest BCUT2D eigenvalue weighted by Gasteiger charge is 2.45. The van der Waals surface area contributed by atoms with Crippen LogP contribution in [0, 0.1) is 0 Å². The van der Waals surface area contributed by atoms with E-state index in [0.29, 0.717) is 12.0 Å². The van der Waals surface area contributed by atoms with E-state index in [-0.39, 0.29) is 23.4 Å². The number of hydrogen-bond acceptors (Lipinski definition) is 2. The Hall–Kier alpha value is -2.36. The van der Waals surface area contributed by atoms with Crippen molar-refractivity contribution in [2.24, 2.45) is 0 Å². The fraction of sp³-hybridized carbons (Fsp3) is 0.429. The summed E-state index contributed by atoms with van der Waals surface area (Å²) < 4.78 is 0. The van der Waals surface area contributed by atoms with Gasteiger partial charge in [-0.05, 0) is 55.0 Å². The summed E-state index contributed by atoms with van der Waals surface area (Å²) in [6.45, 7) is 0. The number of rotatable bonds is 2. The monoisotopic (exact) mass is 336 g/mol. The second kappa shape index (κ2) is 6.17. The van der Waals surface area contributed by atoms with Crippen LogP contribution in [0.5, 0.6) is 0 Å². The number of amides is 2. The molecule has 1 saturated heterocycles. The van der Waals surface area contributed by atoms with Crippen molar-refractivity contribution in [1.82, 2.24) is 10.2 Å². The van der Waals surface area contributed by atoms with Crippen LogP contribution in [0.4, 0.5) is 0 Å². The first-order chi connectivity index (χ1) is 12.1. The predicted molar refractivity (Wildman–Crippen MR) is 98.4 cm³/mol. The third-order valence-corrected chi connectivity index (χ3v) is 6.15. The third-order valence-electron chi connectivity index (χ3n) is 6.15. The van der Waals surface area contributed by atoms with Gasteiger partial charge in [-0.15, -0.1) is 0 Å². The van der Waals surface area contributed by atoms with Crippen LogP contribution < -0.4 is 5.32 Å². The Morgan fingerprint density at radius 2 is 1.80 bits per heavy atom. The van der Waals surface area contributed by atoms with Gasteiger partial charge in [0.2, 0.25) is 5.91 Å². The molecule has 0 radical (unpaired) electrons. The first-order valence-electron chi connectivity index (χ1n) is 9.14. The van der Waals surface area contributed by atoms with E-state index in [0.717, 1.165) is 42.9 Å². The molecule has 1 spiro atoms. The fourth-order valence-corrected chi connectivity index (χ4v) is 4.42. The van der Waals surface area contributed by atoms with Crippen LogP contribution in [0.1, 0.15) is 48.9 Å². The standard InChI is InChI=1S/C21H24N2O2/c1-23-19(24)10-13-21(23)11-8-18(9-12-21)22-20(25)17-7-6-15-4-2-3-5-16(15)14-17/h2-7,14,18H,8-13H2,1H3,(H,22,25). The predicted octanol–water partition coefficient (Wildman–Crippen LogP) is 3.50. The molecule has 1 saturated carbocycles. The van der Waals surface area contributed by atoms with Gasteiger partial charge in [-0.1, -0.05) is 30.3 Å². The quantitative estimate of drug-likeness (QED) is 0.912. The first kappa shape index (κ1) is 16.1. The van der Waals surface area contributed by atoms with Gasteiger partial charge in [0.1, 0.15) is 0 Å². The molecule has 1 aliphatic heterocycles. The highest BCUT2D eigenvalue weighted by molar-refractivity contribution is 5.98. The number of nitrogens with zero attached hydrogens (tertiary/aromatic N) is 1. The molecule has 0 aromatic heterocycles. The molecule has 0 unspecified atom stereocenters. The molecule has 2 aromatic rings. The van der Waals surface area contributed by atoms with E-state index in [2.05, 4.69) is 11.4 Å². The zero-order valence-electron chi connectivity index (χ0n) is 14.6. The van der Waals surface area contributed by atoms with Gasteiger partial charge in [0, 0.05) is 30.6 Å². The van der Waals surface area contributed by atoms with Crippen molar-refractivity contribution >= 4 is 22.6 Å². The van der Waals surface area contributed by atoms with Crippen LogP contribution in [0.15, 0.2) is 42.5 Å². The number of likely N-dealkylation sites (tertiary alicyclic amines) is 1. The Morgan fingerprint density at radius 1 is 1.08 bits per heavy atom. The van der Waals surface area contributed by atoms with Crippen molar-refractivity contribution < 1.29 is 9.59 Å². The average Bonchev–Trinajstić information content (AvgIpc) is 2.92. The maximum Gasteiger partial charge on any atom is 0.251 e. The third kappa shape index (κ3) is 2.90.